The number of nitrogens with two attached hydrogens (primary N) is 1. The maximum atomic E-state index is 12.1. The van der Waals surface area contributed by atoms with Crippen molar-refractivity contribution in [1.82, 2.24) is 25.3 Å². The van der Waals surface area contributed by atoms with E-state index in [-0.39, 0.29) is 10.7 Å². The third-order valence-electron chi connectivity index (χ3n) is 2.36. The van der Waals surface area contributed by atoms with Gasteiger partial charge >= 0.3 is 0 Å². The molecule has 0 spiro atoms. The predicted octanol–water partition coefficient (Wildman–Crippen LogP) is 0.584. The number of aromatic amines is 1. The lowest BCUT2D eigenvalue weighted by Gasteiger charge is -2.11. The highest BCUT2D eigenvalue weighted by atomic mass is 79.9. The fourth-order valence-corrected chi connectivity index (χ4v) is 3.14. The second-order valence-corrected chi connectivity index (χ2v) is 6.36. The van der Waals surface area contributed by atoms with E-state index in [2.05, 4.69) is 41.3 Å². The third kappa shape index (κ3) is 3.08. The van der Waals surface area contributed by atoms with E-state index in [0.29, 0.717) is 10.2 Å². The molecule has 1 atom stereocenters. The molecule has 2 aromatic rings. The molecule has 1 aromatic heterocycles. The fourth-order valence-electron chi connectivity index (χ4n) is 1.38. The Morgan fingerprint density at radius 1 is 1.47 bits per heavy atom. The van der Waals surface area contributed by atoms with Crippen molar-refractivity contribution < 1.29 is 8.42 Å². The first-order valence-corrected chi connectivity index (χ1v) is 7.48. The fraction of sp³-hybridized carbons (Fsp3) is 0.222. The largest absolute Gasteiger partial charge is 0.398 e. The molecule has 1 unspecified atom stereocenters. The highest BCUT2D eigenvalue weighted by Gasteiger charge is 2.21. The molecule has 0 radical (unpaired) electrons. The van der Waals surface area contributed by atoms with E-state index >= 15 is 0 Å². The average Bonchev–Trinajstić information content (AvgIpc) is 2.85. The van der Waals surface area contributed by atoms with Gasteiger partial charge in [0, 0.05) is 10.2 Å². The molecule has 1 aromatic carbocycles. The number of aromatic nitrogens is 4. The van der Waals surface area contributed by atoms with Crippen molar-refractivity contribution in [2.45, 2.75) is 17.9 Å². The van der Waals surface area contributed by atoms with Gasteiger partial charge in [-0.1, -0.05) is 5.21 Å². The lowest BCUT2D eigenvalue weighted by atomic mass is 10.3. The van der Waals surface area contributed by atoms with Gasteiger partial charge in [-0.15, -0.1) is 10.2 Å². The molecule has 0 aliphatic rings. The molecule has 1 heterocycles. The number of anilines is 1. The molecule has 0 amide bonds. The van der Waals surface area contributed by atoms with Crippen molar-refractivity contribution in [3.05, 3.63) is 28.5 Å². The summed E-state index contributed by atoms with van der Waals surface area (Å²) in [7, 11) is -3.68. The summed E-state index contributed by atoms with van der Waals surface area (Å²) in [5, 5.41) is 13.1. The van der Waals surface area contributed by atoms with Gasteiger partial charge in [-0.3, -0.25) is 0 Å². The normalized spacial score (nSPS) is 13.4. The van der Waals surface area contributed by atoms with Crippen LogP contribution in [0.4, 0.5) is 5.69 Å². The first-order chi connectivity index (χ1) is 8.90. The third-order valence-corrected chi connectivity index (χ3v) is 4.59. The van der Waals surface area contributed by atoms with Crippen LogP contribution in [0.1, 0.15) is 18.8 Å². The molecule has 10 heteroatoms. The van der Waals surface area contributed by atoms with Gasteiger partial charge in [0.1, 0.15) is 0 Å². The van der Waals surface area contributed by atoms with Crippen LogP contribution in [0.3, 0.4) is 0 Å². The Morgan fingerprint density at radius 3 is 2.79 bits per heavy atom. The van der Waals surface area contributed by atoms with Gasteiger partial charge in [-0.05, 0) is 41.1 Å². The maximum Gasteiger partial charge on any atom is 0.241 e. The number of H-pyrrole nitrogens is 1. The van der Waals surface area contributed by atoms with Crippen LogP contribution in [0.2, 0.25) is 0 Å². The van der Waals surface area contributed by atoms with Crippen LogP contribution in [0, 0.1) is 0 Å². The molecule has 0 bridgehead atoms. The van der Waals surface area contributed by atoms with Crippen molar-refractivity contribution in [3.8, 4) is 0 Å². The van der Waals surface area contributed by atoms with Crippen molar-refractivity contribution in [3.63, 3.8) is 0 Å². The van der Waals surface area contributed by atoms with Crippen LogP contribution in [-0.4, -0.2) is 29.0 Å². The first kappa shape index (κ1) is 13.9. The number of rotatable bonds is 4. The molecule has 0 aliphatic heterocycles. The standard InChI is InChI=1S/C9H11BrN6O2S/c1-5(9-12-15-16-13-9)14-19(17,18)6-2-3-8(11)7(10)4-6/h2-5,14H,11H2,1H3,(H,12,13,15,16). The summed E-state index contributed by atoms with van der Waals surface area (Å²) in [5.74, 6) is 0.262. The van der Waals surface area contributed by atoms with Crippen molar-refractivity contribution in [2.24, 2.45) is 0 Å². The number of tetrazole rings is 1. The minimum absolute atomic E-state index is 0.101. The summed E-state index contributed by atoms with van der Waals surface area (Å²) in [6.45, 7) is 1.62. The number of hydrogen-bond donors (Lipinski definition) is 3. The zero-order valence-corrected chi connectivity index (χ0v) is 12.2. The second-order valence-electron chi connectivity index (χ2n) is 3.80. The number of nitrogens with one attached hydrogen (secondary N) is 2. The minimum Gasteiger partial charge on any atom is -0.398 e. The molecule has 4 N–H and O–H groups in total. The summed E-state index contributed by atoms with van der Waals surface area (Å²) in [5.41, 5.74) is 6.08. The Kier molecular flexibility index (Phi) is 3.83. The topological polar surface area (TPSA) is 127 Å². The molecule has 102 valence electrons. The first-order valence-electron chi connectivity index (χ1n) is 5.21. The van der Waals surface area contributed by atoms with E-state index in [1.165, 1.54) is 18.2 Å². The van der Waals surface area contributed by atoms with E-state index in [0.717, 1.165) is 0 Å². The SMILES string of the molecule is CC(NS(=O)(=O)c1ccc(N)c(Br)c1)c1nn[nH]n1. The number of benzene rings is 1. The van der Waals surface area contributed by atoms with Gasteiger partial charge in [0.05, 0.1) is 10.9 Å². The summed E-state index contributed by atoms with van der Waals surface area (Å²) in [4.78, 5) is 0.101. The van der Waals surface area contributed by atoms with Crippen LogP contribution in [0.5, 0.6) is 0 Å². The molecular weight excluding hydrogens is 336 g/mol. The molecule has 0 fully saturated rings. The number of nitrogens with zero attached hydrogens (tertiary/aromatic N) is 3. The molecular formula is C9H11BrN6O2S. The van der Waals surface area contributed by atoms with E-state index < -0.39 is 16.1 Å². The zero-order valence-electron chi connectivity index (χ0n) is 9.83. The van der Waals surface area contributed by atoms with E-state index in [4.69, 9.17) is 5.73 Å². The molecule has 2 rings (SSSR count). The summed E-state index contributed by atoms with van der Waals surface area (Å²) in [6.07, 6.45) is 0. The number of halogens is 1. The second kappa shape index (κ2) is 5.23. The summed E-state index contributed by atoms with van der Waals surface area (Å²) in [6, 6.07) is 3.77. The average molecular weight is 347 g/mol. The Labute approximate surface area is 118 Å². The number of nitrogen functional groups attached to an aromatic ring is 1. The lowest BCUT2D eigenvalue weighted by Crippen LogP contribution is -2.27. The van der Waals surface area contributed by atoms with Gasteiger partial charge in [-0.2, -0.15) is 5.21 Å². The van der Waals surface area contributed by atoms with Gasteiger partial charge in [-0.25, -0.2) is 13.1 Å². The summed E-state index contributed by atoms with van der Waals surface area (Å²) >= 11 is 3.19. The van der Waals surface area contributed by atoms with Crippen LogP contribution >= 0.6 is 15.9 Å². The van der Waals surface area contributed by atoms with Crippen molar-refractivity contribution in [1.29, 1.82) is 0 Å². The zero-order chi connectivity index (χ0) is 14.0. The van der Waals surface area contributed by atoms with Crippen LogP contribution in [0.15, 0.2) is 27.6 Å². The number of hydrogen-bond acceptors (Lipinski definition) is 6. The highest BCUT2D eigenvalue weighted by molar-refractivity contribution is 9.10. The van der Waals surface area contributed by atoms with E-state index in [1.807, 2.05) is 0 Å². The van der Waals surface area contributed by atoms with Crippen LogP contribution in [-0.2, 0) is 10.0 Å². The van der Waals surface area contributed by atoms with Crippen LogP contribution < -0.4 is 10.5 Å². The smallest absolute Gasteiger partial charge is 0.241 e. The van der Waals surface area contributed by atoms with Crippen LogP contribution in [0.25, 0.3) is 0 Å². The van der Waals surface area contributed by atoms with Gasteiger partial charge in [0.25, 0.3) is 0 Å². The van der Waals surface area contributed by atoms with Crippen molar-refractivity contribution in [2.75, 3.05) is 5.73 Å². The Hall–Kier alpha value is -1.52. The Bertz CT molecular complexity index is 672. The molecule has 0 aliphatic carbocycles. The Morgan fingerprint density at radius 2 is 2.21 bits per heavy atom. The monoisotopic (exact) mass is 346 g/mol. The minimum atomic E-state index is -3.68. The highest BCUT2D eigenvalue weighted by Crippen LogP contribution is 2.23. The molecule has 0 saturated heterocycles. The van der Waals surface area contributed by atoms with Gasteiger partial charge in [0.2, 0.25) is 10.0 Å². The van der Waals surface area contributed by atoms with Gasteiger partial charge in [0.15, 0.2) is 5.82 Å². The maximum absolute atomic E-state index is 12.1. The predicted molar refractivity (Wildman–Crippen MR) is 71.5 cm³/mol. The lowest BCUT2D eigenvalue weighted by molar-refractivity contribution is 0.560. The number of sulfonamides is 1. The van der Waals surface area contributed by atoms with E-state index in [9.17, 15) is 8.42 Å². The molecule has 0 saturated carbocycles. The Balaban J connectivity index is 2.25. The van der Waals surface area contributed by atoms with Gasteiger partial charge < -0.3 is 5.73 Å². The quantitative estimate of drug-likeness (QED) is 0.695. The summed E-state index contributed by atoms with van der Waals surface area (Å²) < 4.78 is 27.2. The van der Waals surface area contributed by atoms with E-state index in [1.54, 1.807) is 6.92 Å². The molecule has 8 nitrogen and oxygen atoms in total. The molecule has 19 heavy (non-hydrogen) atoms. The van der Waals surface area contributed by atoms with Crippen molar-refractivity contribution >= 4 is 31.6 Å².